The predicted octanol–water partition coefficient (Wildman–Crippen LogP) is 2.17. The van der Waals surface area contributed by atoms with E-state index in [1.54, 1.807) is 19.8 Å². The lowest BCUT2D eigenvalue weighted by atomic mass is 10.0. The van der Waals surface area contributed by atoms with Crippen LogP contribution >= 0.6 is 0 Å². The summed E-state index contributed by atoms with van der Waals surface area (Å²) in [6.45, 7) is 3.38. The van der Waals surface area contributed by atoms with E-state index in [9.17, 15) is 5.11 Å². The van der Waals surface area contributed by atoms with Gasteiger partial charge in [0.25, 0.3) is 0 Å². The second-order valence-electron chi connectivity index (χ2n) is 6.23. The molecule has 0 spiro atoms. The molecule has 3 heterocycles. The zero-order valence-electron chi connectivity index (χ0n) is 14.3. The minimum atomic E-state index is -0.408. The summed E-state index contributed by atoms with van der Waals surface area (Å²) in [5, 5.41) is 10.3. The number of β-amino-alcohol motifs (C(OH)–C–C–N with tert-alkyl or cyclic N) is 1. The van der Waals surface area contributed by atoms with E-state index < -0.39 is 6.10 Å². The smallest absolute Gasteiger partial charge is 0.165 e. The van der Waals surface area contributed by atoms with Crippen molar-refractivity contribution in [3.8, 4) is 5.75 Å². The van der Waals surface area contributed by atoms with Gasteiger partial charge in [-0.15, -0.1) is 0 Å². The van der Waals surface area contributed by atoms with E-state index in [1.807, 2.05) is 22.8 Å². The molecule has 7 heteroatoms. The Labute approximate surface area is 145 Å². The first-order chi connectivity index (χ1) is 12.2. The Morgan fingerprint density at radius 2 is 2.16 bits per heavy atom. The first-order valence-electron chi connectivity index (χ1n) is 8.45. The predicted molar refractivity (Wildman–Crippen MR) is 94.7 cm³/mol. The van der Waals surface area contributed by atoms with Gasteiger partial charge in [0.2, 0.25) is 0 Å². The van der Waals surface area contributed by atoms with Gasteiger partial charge in [0.15, 0.2) is 17.0 Å². The number of aromatic nitrogens is 4. The van der Waals surface area contributed by atoms with E-state index in [0.29, 0.717) is 13.0 Å². The summed E-state index contributed by atoms with van der Waals surface area (Å²) >= 11 is 0. The molecule has 2 aromatic heterocycles. The van der Waals surface area contributed by atoms with E-state index in [4.69, 9.17) is 4.74 Å². The van der Waals surface area contributed by atoms with Crippen LogP contribution in [0, 0.1) is 0 Å². The molecule has 1 saturated heterocycles. The molecule has 130 valence electrons. The van der Waals surface area contributed by atoms with E-state index >= 15 is 0 Å². The highest BCUT2D eigenvalue weighted by Gasteiger charge is 2.34. The molecule has 1 aliphatic rings. The van der Waals surface area contributed by atoms with Gasteiger partial charge < -0.3 is 19.3 Å². The maximum Gasteiger partial charge on any atom is 0.165 e. The second-order valence-corrected chi connectivity index (χ2v) is 6.23. The highest BCUT2D eigenvalue weighted by atomic mass is 16.5. The molecule has 1 aliphatic heterocycles. The lowest BCUT2D eigenvalue weighted by molar-refractivity contribution is 0.194. The normalized spacial score (nSPS) is 20.4. The molecule has 0 unspecified atom stereocenters. The third-order valence-electron chi connectivity index (χ3n) is 4.75. The van der Waals surface area contributed by atoms with E-state index in [1.165, 1.54) is 0 Å². The largest absolute Gasteiger partial charge is 0.497 e. The Bertz CT molecular complexity index is 894. The van der Waals surface area contributed by atoms with Crippen LogP contribution in [0.2, 0.25) is 0 Å². The molecule has 1 N–H and O–H groups in total. The molecule has 4 rings (SSSR count). The van der Waals surface area contributed by atoms with Gasteiger partial charge in [0.05, 0.1) is 25.6 Å². The van der Waals surface area contributed by atoms with Crippen molar-refractivity contribution in [2.45, 2.75) is 32.0 Å². The quantitative estimate of drug-likeness (QED) is 0.785. The van der Waals surface area contributed by atoms with Crippen molar-refractivity contribution in [3.63, 3.8) is 0 Å². The van der Waals surface area contributed by atoms with Crippen molar-refractivity contribution >= 4 is 17.0 Å². The number of rotatable bonds is 4. The number of methoxy groups -OCH3 is 1. The zero-order valence-corrected chi connectivity index (χ0v) is 14.3. The summed E-state index contributed by atoms with van der Waals surface area (Å²) in [7, 11) is 1.66. The monoisotopic (exact) mass is 339 g/mol. The molecule has 1 aromatic carbocycles. The molecule has 1 fully saturated rings. The third kappa shape index (κ3) is 2.70. The highest BCUT2D eigenvalue weighted by molar-refractivity contribution is 5.83. The van der Waals surface area contributed by atoms with Crippen LogP contribution in [0.5, 0.6) is 5.75 Å². The first kappa shape index (κ1) is 15.8. The fourth-order valence-electron chi connectivity index (χ4n) is 3.52. The molecule has 2 atom stereocenters. The van der Waals surface area contributed by atoms with E-state index in [-0.39, 0.29) is 6.04 Å². The fraction of sp³-hybridized carbons (Fsp3) is 0.389. The maximum absolute atomic E-state index is 10.3. The van der Waals surface area contributed by atoms with Crippen LogP contribution in [0.25, 0.3) is 11.2 Å². The summed E-state index contributed by atoms with van der Waals surface area (Å²) in [6.07, 6.45) is 3.59. The van der Waals surface area contributed by atoms with Gasteiger partial charge in [0.1, 0.15) is 12.1 Å². The van der Waals surface area contributed by atoms with Gasteiger partial charge in [-0.2, -0.15) is 0 Å². The van der Waals surface area contributed by atoms with Crippen LogP contribution in [0.4, 0.5) is 5.82 Å². The highest BCUT2D eigenvalue weighted by Crippen LogP contribution is 2.38. The number of hydrogen-bond acceptors (Lipinski definition) is 6. The summed E-state index contributed by atoms with van der Waals surface area (Å²) < 4.78 is 7.34. The van der Waals surface area contributed by atoms with Gasteiger partial charge in [-0.1, -0.05) is 12.1 Å². The van der Waals surface area contributed by atoms with Crippen molar-refractivity contribution < 1.29 is 9.84 Å². The van der Waals surface area contributed by atoms with Gasteiger partial charge in [-0.25, -0.2) is 15.0 Å². The Kier molecular flexibility index (Phi) is 4.01. The number of ether oxygens (including phenoxy) is 1. The minimum absolute atomic E-state index is 0.0231. The standard InChI is InChI=1S/C18H21N5O2/c1-3-22-11-21-16-17(22)19-10-20-18(16)23-9-13(24)8-15(23)12-5-4-6-14(7-12)25-2/h4-7,10-11,13,15,24H,3,8-9H2,1-2H3/t13-,15+/m1/s1. The van der Waals surface area contributed by atoms with Crippen LogP contribution in [-0.4, -0.2) is 44.4 Å². The van der Waals surface area contributed by atoms with Crippen LogP contribution in [-0.2, 0) is 6.54 Å². The van der Waals surface area contributed by atoms with Gasteiger partial charge in [-0.05, 0) is 31.0 Å². The number of aryl methyl sites for hydroxylation is 1. The molecule has 7 nitrogen and oxygen atoms in total. The summed E-state index contributed by atoms with van der Waals surface area (Å²) in [6, 6.07) is 7.98. The van der Waals surface area contributed by atoms with Crippen molar-refractivity contribution in [3.05, 3.63) is 42.5 Å². The fourth-order valence-corrected chi connectivity index (χ4v) is 3.52. The second kappa shape index (κ2) is 6.33. The van der Waals surface area contributed by atoms with E-state index in [0.717, 1.165) is 34.8 Å². The number of hydrogen-bond donors (Lipinski definition) is 1. The van der Waals surface area contributed by atoms with Gasteiger partial charge >= 0.3 is 0 Å². The lowest BCUT2D eigenvalue weighted by Gasteiger charge is -2.26. The SMILES string of the molecule is CCn1cnc2c(N3C[C@H](O)C[C@H]3c3cccc(OC)c3)ncnc21. The Balaban J connectivity index is 1.79. The summed E-state index contributed by atoms with van der Waals surface area (Å²) in [4.78, 5) is 15.5. The number of nitrogens with zero attached hydrogens (tertiary/aromatic N) is 5. The minimum Gasteiger partial charge on any atom is -0.497 e. The maximum atomic E-state index is 10.3. The average Bonchev–Trinajstić information content (AvgIpc) is 3.24. The summed E-state index contributed by atoms with van der Waals surface area (Å²) in [5.74, 6) is 1.57. The number of aliphatic hydroxyl groups is 1. The van der Waals surface area contributed by atoms with Crippen molar-refractivity contribution in [2.24, 2.45) is 0 Å². The van der Waals surface area contributed by atoms with Crippen molar-refractivity contribution in [1.29, 1.82) is 0 Å². The molecule has 0 radical (unpaired) electrons. The van der Waals surface area contributed by atoms with Crippen LogP contribution < -0.4 is 9.64 Å². The van der Waals surface area contributed by atoms with Crippen LogP contribution in [0.1, 0.15) is 24.9 Å². The number of imidazole rings is 1. The number of fused-ring (bicyclic) bond motifs is 1. The number of aliphatic hydroxyl groups excluding tert-OH is 1. The molecule has 0 aliphatic carbocycles. The average molecular weight is 339 g/mol. The zero-order chi connectivity index (χ0) is 17.4. The molecule has 0 bridgehead atoms. The third-order valence-corrected chi connectivity index (χ3v) is 4.75. The Hall–Kier alpha value is -2.67. The number of anilines is 1. The molecule has 0 saturated carbocycles. The first-order valence-corrected chi connectivity index (χ1v) is 8.45. The lowest BCUT2D eigenvalue weighted by Crippen LogP contribution is -2.25. The molecule has 25 heavy (non-hydrogen) atoms. The number of benzene rings is 1. The molecular weight excluding hydrogens is 318 g/mol. The molecular formula is C18H21N5O2. The van der Waals surface area contributed by atoms with Gasteiger partial charge in [-0.3, -0.25) is 0 Å². The van der Waals surface area contributed by atoms with Crippen molar-refractivity contribution in [1.82, 2.24) is 19.5 Å². The topological polar surface area (TPSA) is 76.3 Å². The summed E-state index contributed by atoms with van der Waals surface area (Å²) in [5.41, 5.74) is 2.68. The van der Waals surface area contributed by atoms with Crippen LogP contribution in [0.3, 0.4) is 0 Å². The molecule has 0 amide bonds. The van der Waals surface area contributed by atoms with Crippen LogP contribution in [0.15, 0.2) is 36.9 Å². The Morgan fingerprint density at radius 3 is 2.96 bits per heavy atom. The van der Waals surface area contributed by atoms with Crippen molar-refractivity contribution in [2.75, 3.05) is 18.6 Å². The van der Waals surface area contributed by atoms with E-state index in [2.05, 4.69) is 32.8 Å². The Morgan fingerprint density at radius 1 is 1.28 bits per heavy atom. The van der Waals surface area contributed by atoms with Gasteiger partial charge in [0, 0.05) is 13.1 Å². The molecule has 3 aromatic rings.